The van der Waals surface area contributed by atoms with Crippen molar-refractivity contribution in [3.8, 4) is 0 Å². The van der Waals surface area contributed by atoms with E-state index < -0.39 is 0 Å². The van der Waals surface area contributed by atoms with Crippen LogP contribution in [-0.4, -0.2) is 25.2 Å². The summed E-state index contributed by atoms with van der Waals surface area (Å²) in [4.78, 5) is 0. The van der Waals surface area contributed by atoms with Gasteiger partial charge in [-0.1, -0.05) is 12.2 Å². The van der Waals surface area contributed by atoms with Crippen LogP contribution in [0.25, 0.3) is 0 Å². The molecule has 1 fully saturated rings. The molecule has 0 aromatic carbocycles. The Morgan fingerprint density at radius 1 is 1.18 bits per heavy atom. The maximum atomic E-state index is 3.56. The second kappa shape index (κ2) is 2.95. The number of rotatable bonds is 0. The molecule has 2 rings (SSSR count). The van der Waals surface area contributed by atoms with Gasteiger partial charge in [-0.25, -0.2) is 0 Å². The normalized spacial score (nSPS) is 37.8. The second-order valence-electron chi connectivity index (χ2n) is 3.54. The van der Waals surface area contributed by atoms with Gasteiger partial charge < -0.3 is 10.6 Å². The Morgan fingerprint density at radius 3 is 3.00 bits per heavy atom. The molecule has 0 radical (unpaired) electrons. The van der Waals surface area contributed by atoms with E-state index in [2.05, 4.69) is 22.8 Å². The molecule has 0 aromatic rings. The van der Waals surface area contributed by atoms with Crippen molar-refractivity contribution in [3.63, 3.8) is 0 Å². The van der Waals surface area contributed by atoms with Crippen molar-refractivity contribution in [1.82, 2.24) is 10.6 Å². The monoisotopic (exact) mass is 152 g/mol. The second-order valence-corrected chi connectivity index (χ2v) is 3.54. The number of hydrogen-bond donors (Lipinski definition) is 2. The van der Waals surface area contributed by atoms with Gasteiger partial charge in [0.1, 0.15) is 0 Å². The first-order valence-electron chi connectivity index (χ1n) is 4.55. The van der Waals surface area contributed by atoms with Crippen molar-refractivity contribution in [2.75, 3.05) is 19.6 Å². The van der Waals surface area contributed by atoms with Gasteiger partial charge in [-0.3, -0.25) is 0 Å². The lowest BCUT2D eigenvalue weighted by molar-refractivity contribution is 0.399. The summed E-state index contributed by atoms with van der Waals surface area (Å²) in [5, 5.41) is 6.99. The van der Waals surface area contributed by atoms with Gasteiger partial charge in [-0.2, -0.15) is 0 Å². The fourth-order valence-corrected chi connectivity index (χ4v) is 2.04. The van der Waals surface area contributed by atoms with Gasteiger partial charge in [-0.05, 0) is 32.4 Å². The highest BCUT2D eigenvalue weighted by atomic mass is 15.0. The van der Waals surface area contributed by atoms with Gasteiger partial charge in [0.05, 0.1) is 0 Å². The highest BCUT2D eigenvalue weighted by Gasteiger charge is 2.29. The minimum absolute atomic E-state index is 0.365. The van der Waals surface area contributed by atoms with E-state index in [1.54, 1.807) is 0 Å². The maximum Gasteiger partial charge on any atom is 0.0379 e. The lowest BCUT2D eigenvalue weighted by Gasteiger charge is -2.25. The minimum Gasteiger partial charge on any atom is -0.317 e. The van der Waals surface area contributed by atoms with E-state index in [9.17, 15) is 0 Å². The summed E-state index contributed by atoms with van der Waals surface area (Å²) >= 11 is 0. The van der Waals surface area contributed by atoms with Crippen LogP contribution in [-0.2, 0) is 0 Å². The molecule has 1 spiro atoms. The predicted octanol–water partition coefficient (Wildman–Crippen LogP) is 0.658. The van der Waals surface area contributed by atoms with Crippen molar-refractivity contribution < 1.29 is 0 Å². The molecule has 1 unspecified atom stereocenters. The molecule has 0 bridgehead atoms. The highest BCUT2D eigenvalue weighted by molar-refractivity contribution is 5.14. The van der Waals surface area contributed by atoms with Crippen LogP contribution >= 0.6 is 0 Å². The molecular weight excluding hydrogens is 136 g/mol. The van der Waals surface area contributed by atoms with Gasteiger partial charge in [0, 0.05) is 12.1 Å². The Morgan fingerprint density at radius 2 is 2.18 bits per heavy atom. The zero-order valence-electron chi connectivity index (χ0n) is 6.90. The smallest absolute Gasteiger partial charge is 0.0379 e. The molecule has 0 aliphatic carbocycles. The zero-order chi connectivity index (χ0) is 7.57. The minimum atomic E-state index is 0.365. The molecule has 1 atom stereocenters. The van der Waals surface area contributed by atoms with Crippen LogP contribution in [0.3, 0.4) is 0 Å². The van der Waals surface area contributed by atoms with Gasteiger partial charge >= 0.3 is 0 Å². The summed E-state index contributed by atoms with van der Waals surface area (Å²) in [5.41, 5.74) is 0.365. The first kappa shape index (κ1) is 7.32. The molecule has 2 aliphatic heterocycles. The van der Waals surface area contributed by atoms with E-state index in [4.69, 9.17) is 0 Å². The Labute approximate surface area is 68.1 Å². The van der Waals surface area contributed by atoms with Crippen LogP contribution in [0.15, 0.2) is 12.2 Å². The number of hydrogen-bond acceptors (Lipinski definition) is 2. The van der Waals surface area contributed by atoms with Crippen LogP contribution in [0.4, 0.5) is 0 Å². The van der Waals surface area contributed by atoms with Crippen molar-refractivity contribution in [2.45, 2.75) is 24.8 Å². The van der Waals surface area contributed by atoms with E-state index in [1.807, 2.05) is 0 Å². The highest BCUT2D eigenvalue weighted by Crippen LogP contribution is 2.23. The SMILES string of the molecule is C1=CC2(CCCNCC2)NC1. The molecule has 0 amide bonds. The van der Waals surface area contributed by atoms with Gasteiger partial charge in [0.15, 0.2) is 0 Å². The Kier molecular flexibility index (Phi) is 1.96. The predicted molar refractivity (Wildman–Crippen MR) is 46.6 cm³/mol. The Balaban J connectivity index is 2.03. The van der Waals surface area contributed by atoms with Crippen LogP contribution < -0.4 is 10.6 Å². The zero-order valence-corrected chi connectivity index (χ0v) is 6.90. The quantitative estimate of drug-likeness (QED) is 0.498. The van der Waals surface area contributed by atoms with Crippen LogP contribution in [0.1, 0.15) is 19.3 Å². The Bertz CT molecular complexity index is 155. The lowest BCUT2D eigenvalue weighted by Crippen LogP contribution is -2.40. The van der Waals surface area contributed by atoms with E-state index >= 15 is 0 Å². The third-order valence-electron chi connectivity index (χ3n) is 2.73. The van der Waals surface area contributed by atoms with Crippen LogP contribution in [0, 0.1) is 0 Å². The summed E-state index contributed by atoms with van der Waals surface area (Å²) in [6.45, 7) is 3.43. The van der Waals surface area contributed by atoms with E-state index in [1.165, 1.54) is 25.8 Å². The third kappa shape index (κ3) is 1.47. The molecule has 62 valence electrons. The van der Waals surface area contributed by atoms with Gasteiger partial charge in [0.2, 0.25) is 0 Å². The molecular formula is C9H16N2. The standard InChI is InChI=1S/C9H16N2/c1-3-9(4-2-7-11-9)5-8-10-6-1/h2,4,10-11H,1,3,5-8H2. The van der Waals surface area contributed by atoms with Crippen LogP contribution in [0.5, 0.6) is 0 Å². The average molecular weight is 152 g/mol. The molecule has 2 N–H and O–H groups in total. The lowest BCUT2D eigenvalue weighted by atomic mass is 9.92. The molecule has 2 nitrogen and oxygen atoms in total. The Hall–Kier alpha value is -0.340. The fraction of sp³-hybridized carbons (Fsp3) is 0.778. The summed E-state index contributed by atoms with van der Waals surface area (Å²) in [6, 6.07) is 0. The number of nitrogens with one attached hydrogen (secondary N) is 2. The summed E-state index contributed by atoms with van der Waals surface area (Å²) in [6.07, 6.45) is 8.47. The van der Waals surface area contributed by atoms with Crippen molar-refractivity contribution in [3.05, 3.63) is 12.2 Å². The average Bonchev–Trinajstić information content (AvgIpc) is 2.32. The topological polar surface area (TPSA) is 24.1 Å². The van der Waals surface area contributed by atoms with Crippen molar-refractivity contribution >= 4 is 0 Å². The van der Waals surface area contributed by atoms with E-state index in [0.717, 1.165) is 13.1 Å². The first-order chi connectivity index (χ1) is 5.41. The maximum absolute atomic E-state index is 3.56. The third-order valence-corrected chi connectivity index (χ3v) is 2.73. The van der Waals surface area contributed by atoms with Crippen molar-refractivity contribution in [2.24, 2.45) is 0 Å². The van der Waals surface area contributed by atoms with Crippen LogP contribution in [0.2, 0.25) is 0 Å². The summed E-state index contributed by atoms with van der Waals surface area (Å²) in [7, 11) is 0. The van der Waals surface area contributed by atoms with Gasteiger partial charge in [-0.15, -0.1) is 0 Å². The summed E-state index contributed by atoms with van der Waals surface area (Å²) < 4.78 is 0. The molecule has 0 aromatic heterocycles. The molecule has 2 heteroatoms. The molecule has 1 saturated heterocycles. The first-order valence-corrected chi connectivity index (χ1v) is 4.55. The summed E-state index contributed by atoms with van der Waals surface area (Å²) in [5.74, 6) is 0. The van der Waals surface area contributed by atoms with Crippen molar-refractivity contribution in [1.29, 1.82) is 0 Å². The van der Waals surface area contributed by atoms with Gasteiger partial charge in [0.25, 0.3) is 0 Å². The van der Waals surface area contributed by atoms with E-state index in [-0.39, 0.29) is 0 Å². The molecule has 2 aliphatic rings. The fourth-order valence-electron chi connectivity index (χ4n) is 2.04. The molecule has 11 heavy (non-hydrogen) atoms. The van der Waals surface area contributed by atoms with E-state index in [0.29, 0.717) is 5.54 Å². The molecule has 2 heterocycles. The largest absolute Gasteiger partial charge is 0.317 e. The molecule has 0 saturated carbocycles.